The van der Waals surface area contributed by atoms with Crippen LogP contribution in [0.15, 0.2) is 18.3 Å². The maximum Gasteiger partial charge on any atom is 0.152 e. The fraction of sp³-hybridized carbons (Fsp3) is 0.333. The van der Waals surface area contributed by atoms with Crippen LogP contribution < -0.4 is 0 Å². The molecule has 0 N–H and O–H groups in total. The molecule has 0 aliphatic heterocycles. The molecule has 0 amide bonds. The van der Waals surface area contributed by atoms with Gasteiger partial charge in [0.15, 0.2) is 6.29 Å². The number of hydrogen-bond acceptors (Lipinski definition) is 2. The van der Waals surface area contributed by atoms with Crippen LogP contribution in [-0.2, 0) is 6.42 Å². The second kappa shape index (κ2) is 4.77. The van der Waals surface area contributed by atoms with E-state index in [-0.39, 0.29) is 0 Å². The molecule has 3 nitrogen and oxygen atoms in total. The van der Waals surface area contributed by atoms with E-state index in [1.165, 1.54) is 5.56 Å². The van der Waals surface area contributed by atoms with Crippen LogP contribution in [0.5, 0.6) is 0 Å². The maximum absolute atomic E-state index is 11.2. The minimum Gasteiger partial charge on any atom is -0.302 e. The highest BCUT2D eigenvalue weighted by Crippen LogP contribution is 2.24. The molecule has 18 heavy (non-hydrogen) atoms. The van der Waals surface area contributed by atoms with Gasteiger partial charge in [-0.15, -0.1) is 0 Å². The van der Waals surface area contributed by atoms with Crippen molar-refractivity contribution in [2.45, 2.75) is 34.1 Å². The van der Waals surface area contributed by atoms with Gasteiger partial charge in [0.05, 0.1) is 0 Å². The molecule has 0 unspecified atom stereocenters. The van der Waals surface area contributed by atoms with E-state index in [0.717, 1.165) is 41.0 Å². The summed E-state index contributed by atoms with van der Waals surface area (Å²) in [6.45, 7) is 8.13. The largest absolute Gasteiger partial charge is 0.302 e. The molecule has 0 aromatic carbocycles. The number of carbonyl (C=O) groups excluding carboxylic acids is 1. The second-order valence-corrected chi connectivity index (χ2v) is 4.56. The summed E-state index contributed by atoms with van der Waals surface area (Å²) >= 11 is 0. The van der Waals surface area contributed by atoms with Gasteiger partial charge in [0.1, 0.15) is 5.82 Å². The van der Waals surface area contributed by atoms with Gasteiger partial charge in [-0.2, -0.15) is 0 Å². The number of aldehydes is 1. The molecular weight excluding hydrogens is 224 g/mol. The van der Waals surface area contributed by atoms with Crippen LogP contribution in [-0.4, -0.2) is 15.8 Å². The van der Waals surface area contributed by atoms with Gasteiger partial charge >= 0.3 is 0 Å². The van der Waals surface area contributed by atoms with Gasteiger partial charge < -0.3 is 4.57 Å². The van der Waals surface area contributed by atoms with Gasteiger partial charge in [-0.3, -0.25) is 4.79 Å². The molecule has 0 fully saturated rings. The molecule has 0 radical (unpaired) electrons. The molecule has 0 aliphatic carbocycles. The highest BCUT2D eigenvalue weighted by Gasteiger charge is 2.17. The Hall–Kier alpha value is -1.90. The zero-order chi connectivity index (χ0) is 13.3. The highest BCUT2D eigenvalue weighted by atomic mass is 16.1. The smallest absolute Gasteiger partial charge is 0.152 e. The summed E-state index contributed by atoms with van der Waals surface area (Å²) < 4.78 is 2.07. The van der Waals surface area contributed by atoms with E-state index >= 15 is 0 Å². The summed E-state index contributed by atoms with van der Waals surface area (Å²) in [5, 5.41) is 0. The minimum absolute atomic E-state index is 0.804. The molecule has 0 saturated carbocycles. The average molecular weight is 242 g/mol. The van der Waals surface area contributed by atoms with Crippen molar-refractivity contribution in [3.8, 4) is 5.82 Å². The van der Waals surface area contributed by atoms with Crippen molar-refractivity contribution in [1.29, 1.82) is 0 Å². The topological polar surface area (TPSA) is 34.9 Å². The molecule has 0 spiro atoms. The summed E-state index contributed by atoms with van der Waals surface area (Å²) in [4.78, 5) is 15.6. The number of carbonyl (C=O) groups is 1. The number of hydrogen-bond donors (Lipinski definition) is 0. The molecular formula is C15H18N2O. The van der Waals surface area contributed by atoms with Crippen LogP contribution in [0.3, 0.4) is 0 Å². The molecule has 0 atom stereocenters. The van der Waals surface area contributed by atoms with E-state index in [2.05, 4.69) is 16.5 Å². The highest BCUT2D eigenvalue weighted by molar-refractivity contribution is 5.80. The summed E-state index contributed by atoms with van der Waals surface area (Å²) in [6.07, 6.45) is 3.61. The first-order valence-corrected chi connectivity index (χ1v) is 6.19. The van der Waals surface area contributed by atoms with Crippen molar-refractivity contribution in [3.05, 3.63) is 46.4 Å². The standard InChI is InChI=1S/C15H18N2O/c1-5-13-11(3)17(12(4)14(13)9-18)15-8-10(2)6-7-16-15/h6-9H,5H2,1-4H3. The zero-order valence-corrected chi connectivity index (χ0v) is 11.3. The second-order valence-electron chi connectivity index (χ2n) is 4.56. The van der Waals surface area contributed by atoms with E-state index in [9.17, 15) is 4.79 Å². The number of rotatable bonds is 3. The molecule has 0 saturated heterocycles. The summed E-state index contributed by atoms with van der Waals surface area (Å²) in [5.41, 5.74) is 5.16. The Bertz CT molecular complexity index is 597. The van der Waals surface area contributed by atoms with E-state index in [0.29, 0.717) is 0 Å². The van der Waals surface area contributed by atoms with Gasteiger partial charge in [-0.1, -0.05) is 6.92 Å². The Labute approximate surface area is 107 Å². The van der Waals surface area contributed by atoms with Crippen molar-refractivity contribution in [1.82, 2.24) is 9.55 Å². The number of aromatic nitrogens is 2. The van der Waals surface area contributed by atoms with Gasteiger partial charge in [0.2, 0.25) is 0 Å². The quantitative estimate of drug-likeness (QED) is 0.775. The Kier molecular flexibility index (Phi) is 3.32. The first kappa shape index (κ1) is 12.6. The predicted octanol–water partition coefficient (Wildman–Crippen LogP) is 3.17. The molecule has 94 valence electrons. The molecule has 0 aliphatic rings. The van der Waals surface area contributed by atoms with Crippen LogP contribution >= 0.6 is 0 Å². The first-order valence-electron chi connectivity index (χ1n) is 6.19. The first-order chi connectivity index (χ1) is 8.60. The lowest BCUT2D eigenvalue weighted by molar-refractivity contribution is 0.112. The van der Waals surface area contributed by atoms with Crippen molar-refractivity contribution >= 4 is 6.29 Å². The van der Waals surface area contributed by atoms with E-state index in [1.807, 2.05) is 32.9 Å². The monoisotopic (exact) mass is 242 g/mol. The molecule has 3 heteroatoms. The third-order valence-corrected chi connectivity index (χ3v) is 3.42. The van der Waals surface area contributed by atoms with Crippen molar-refractivity contribution in [2.24, 2.45) is 0 Å². The van der Waals surface area contributed by atoms with Crippen LogP contribution in [0.25, 0.3) is 5.82 Å². The fourth-order valence-electron chi connectivity index (χ4n) is 2.51. The van der Waals surface area contributed by atoms with E-state index in [1.54, 1.807) is 6.20 Å². The van der Waals surface area contributed by atoms with Crippen molar-refractivity contribution < 1.29 is 4.79 Å². The zero-order valence-electron chi connectivity index (χ0n) is 11.3. The van der Waals surface area contributed by atoms with Crippen molar-refractivity contribution in [3.63, 3.8) is 0 Å². The summed E-state index contributed by atoms with van der Waals surface area (Å²) in [5.74, 6) is 0.882. The predicted molar refractivity (Wildman–Crippen MR) is 72.5 cm³/mol. The van der Waals surface area contributed by atoms with E-state index < -0.39 is 0 Å². The van der Waals surface area contributed by atoms with Crippen LogP contribution in [0.4, 0.5) is 0 Å². The Morgan fingerprint density at radius 1 is 1.28 bits per heavy atom. The molecule has 2 aromatic rings. The third-order valence-electron chi connectivity index (χ3n) is 3.42. The average Bonchev–Trinajstić information content (AvgIpc) is 2.59. The van der Waals surface area contributed by atoms with Gasteiger partial charge in [-0.05, 0) is 50.5 Å². The van der Waals surface area contributed by atoms with Gasteiger partial charge in [0.25, 0.3) is 0 Å². The Morgan fingerprint density at radius 2 is 2.00 bits per heavy atom. The fourth-order valence-corrected chi connectivity index (χ4v) is 2.51. The molecule has 0 bridgehead atoms. The summed E-state index contributed by atoms with van der Waals surface area (Å²) in [7, 11) is 0. The lowest BCUT2D eigenvalue weighted by atomic mass is 10.1. The van der Waals surface area contributed by atoms with E-state index in [4.69, 9.17) is 0 Å². The van der Waals surface area contributed by atoms with Crippen LogP contribution in [0.2, 0.25) is 0 Å². The maximum atomic E-state index is 11.2. The number of nitrogens with zero attached hydrogens (tertiary/aromatic N) is 2. The molecule has 2 heterocycles. The van der Waals surface area contributed by atoms with Gasteiger partial charge in [0, 0.05) is 23.1 Å². The van der Waals surface area contributed by atoms with Gasteiger partial charge in [-0.25, -0.2) is 4.98 Å². The lowest BCUT2D eigenvalue weighted by Gasteiger charge is -2.09. The van der Waals surface area contributed by atoms with Crippen LogP contribution in [0, 0.1) is 20.8 Å². The third kappa shape index (κ3) is 1.86. The SMILES string of the molecule is CCc1c(C=O)c(C)n(-c2cc(C)ccn2)c1C. The number of aryl methyl sites for hydroxylation is 1. The Balaban J connectivity index is 2.72. The number of pyridine rings is 1. The normalized spacial score (nSPS) is 10.7. The van der Waals surface area contributed by atoms with Crippen molar-refractivity contribution in [2.75, 3.05) is 0 Å². The van der Waals surface area contributed by atoms with Crippen LogP contribution in [0.1, 0.15) is 39.8 Å². The Morgan fingerprint density at radius 3 is 2.50 bits per heavy atom. The molecule has 2 rings (SSSR count). The lowest BCUT2D eigenvalue weighted by Crippen LogP contribution is -2.02. The minimum atomic E-state index is 0.804. The molecule has 2 aromatic heterocycles. The summed E-state index contributed by atoms with van der Waals surface area (Å²) in [6, 6.07) is 4.01.